The molecule has 172 valence electrons. The second-order valence-corrected chi connectivity index (χ2v) is 7.57. The molecule has 1 heterocycles. The van der Waals surface area contributed by atoms with E-state index in [1.807, 2.05) is 13.0 Å². The van der Waals surface area contributed by atoms with Crippen molar-refractivity contribution in [2.45, 2.75) is 6.92 Å². The zero-order chi connectivity index (χ0) is 23.8. The lowest BCUT2D eigenvalue weighted by Gasteiger charge is -2.26. The summed E-state index contributed by atoms with van der Waals surface area (Å²) < 4.78 is 21.4. The number of rotatable bonds is 7. The SMILES string of the molecule is COc1cc(/C=C(\C#N)C(=O)N2CCOCC2)ccc1OC(=O)COc1ccc(Cl)c(C)c1. The van der Waals surface area contributed by atoms with Gasteiger partial charge in [0.05, 0.1) is 20.3 Å². The fourth-order valence-electron chi connectivity index (χ4n) is 3.10. The molecule has 0 radical (unpaired) electrons. The van der Waals surface area contributed by atoms with E-state index in [1.54, 1.807) is 35.2 Å². The van der Waals surface area contributed by atoms with Gasteiger partial charge in [0, 0.05) is 18.1 Å². The molecule has 0 atom stereocenters. The van der Waals surface area contributed by atoms with Crippen molar-refractivity contribution in [2.24, 2.45) is 0 Å². The summed E-state index contributed by atoms with van der Waals surface area (Å²) in [7, 11) is 1.43. The molecule has 1 saturated heterocycles. The third-order valence-corrected chi connectivity index (χ3v) is 5.28. The van der Waals surface area contributed by atoms with Crippen LogP contribution in [0.25, 0.3) is 6.08 Å². The van der Waals surface area contributed by atoms with Crippen LogP contribution in [0.3, 0.4) is 0 Å². The molecule has 0 aliphatic carbocycles. The molecule has 1 aliphatic rings. The first-order chi connectivity index (χ1) is 15.9. The Morgan fingerprint density at radius 3 is 2.61 bits per heavy atom. The summed E-state index contributed by atoms with van der Waals surface area (Å²) in [4.78, 5) is 26.4. The number of halogens is 1. The van der Waals surface area contributed by atoms with Crippen LogP contribution in [0.4, 0.5) is 0 Å². The second-order valence-electron chi connectivity index (χ2n) is 7.16. The Balaban J connectivity index is 1.67. The fraction of sp³-hybridized carbons (Fsp3) is 0.292. The van der Waals surface area contributed by atoms with Crippen LogP contribution in [0.5, 0.6) is 17.2 Å². The zero-order valence-corrected chi connectivity index (χ0v) is 19.1. The maximum absolute atomic E-state index is 12.6. The highest BCUT2D eigenvalue weighted by Gasteiger charge is 2.21. The van der Waals surface area contributed by atoms with E-state index in [0.29, 0.717) is 42.6 Å². The number of amides is 1. The summed E-state index contributed by atoms with van der Waals surface area (Å²) in [6, 6.07) is 11.8. The van der Waals surface area contributed by atoms with Gasteiger partial charge in [0.2, 0.25) is 0 Å². The lowest BCUT2D eigenvalue weighted by molar-refractivity contribution is -0.136. The standard InChI is InChI=1S/C24H23ClN2O6/c1-16-11-19(4-5-20(16)25)32-15-23(28)33-21-6-3-17(13-22(21)30-2)12-18(14-26)24(29)27-7-9-31-10-8-27/h3-6,11-13H,7-10,15H2,1-2H3/b18-12+. The molecule has 9 heteroatoms. The van der Waals surface area contributed by atoms with Gasteiger partial charge in [-0.3, -0.25) is 4.79 Å². The van der Waals surface area contributed by atoms with Gasteiger partial charge in [-0.1, -0.05) is 17.7 Å². The maximum Gasteiger partial charge on any atom is 0.349 e. The molecule has 0 saturated carbocycles. The number of benzene rings is 2. The number of morpholine rings is 1. The first-order valence-electron chi connectivity index (χ1n) is 10.2. The largest absolute Gasteiger partial charge is 0.493 e. The predicted octanol–water partition coefficient (Wildman–Crippen LogP) is 3.41. The Kier molecular flexibility index (Phi) is 8.30. The predicted molar refractivity (Wildman–Crippen MR) is 121 cm³/mol. The van der Waals surface area contributed by atoms with Gasteiger partial charge in [-0.25, -0.2) is 4.79 Å². The summed E-state index contributed by atoms with van der Waals surface area (Å²) in [5, 5.41) is 10.1. The quantitative estimate of drug-likeness (QED) is 0.264. The number of aryl methyl sites for hydroxylation is 1. The van der Waals surface area contributed by atoms with Gasteiger partial charge in [-0.05, 0) is 54.5 Å². The van der Waals surface area contributed by atoms with E-state index >= 15 is 0 Å². The minimum Gasteiger partial charge on any atom is -0.493 e. The summed E-state index contributed by atoms with van der Waals surface area (Å²) >= 11 is 5.99. The molecule has 0 N–H and O–H groups in total. The van der Waals surface area contributed by atoms with Gasteiger partial charge in [0.15, 0.2) is 18.1 Å². The summed E-state index contributed by atoms with van der Waals surface area (Å²) in [5.74, 6) is -0.0198. The minimum absolute atomic E-state index is 0.00430. The third-order valence-electron chi connectivity index (χ3n) is 4.86. The number of nitriles is 1. The Morgan fingerprint density at radius 1 is 1.18 bits per heavy atom. The topological polar surface area (TPSA) is 98.1 Å². The van der Waals surface area contributed by atoms with Crippen molar-refractivity contribution in [2.75, 3.05) is 40.0 Å². The van der Waals surface area contributed by atoms with Crippen molar-refractivity contribution in [1.29, 1.82) is 5.26 Å². The van der Waals surface area contributed by atoms with E-state index in [1.165, 1.54) is 19.3 Å². The van der Waals surface area contributed by atoms with Gasteiger partial charge in [0.1, 0.15) is 17.4 Å². The van der Waals surface area contributed by atoms with Gasteiger partial charge < -0.3 is 23.8 Å². The molecule has 1 aliphatic heterocycles. The summed E-state index contributed by atoms with van der Waals surface area (Å²) in [6.45, 7) is 3.29. The summed E-state index contributed by atoms with van der Waals surface area (Å²) in [6.07, 6.45) is 1.47. The van der Waals surface area contributed by atoms with Gasteiger partial charge >= 0.3 is 5.97 Å². The van der Waals surface area contributed by atoms with Crippen molar-refractivity contribution in [3.05, 3.63) is 58.1 Å². The van der Waals surface area contributed by atoms with Crippen molar-refractivity contribution in [1.82, 2.24) is 4.90 Å². The molecule has 2 aromatic rings. The second kappa shape index (κ2) is 11.4. The van der Waals surface area contributed by atoms with Crippen molar-refractivity contribution < 1.29 is 28.5 Å². The Hall–Kier alpha value is -3.54. The Morgan fingerprint density at radius 2 is 1.94 bits per heavy atom. The number of hydrogen-bond acceptors (Lipinski definition) is 7. The van der Waals surface area contributed by atoms with E-state index in [9.17, 15) is 14.9 Å². The number of esters is 1. The normalized spacial score (nSPS) is 13.8. The highest BCUT2D eigenvalue weighted by molar-refractivity contribution is 6.31. The van der Waals surface area contributed by atoms with Gasteiger partial charge in [-0.2, -0.15) is 5.26 Å². The van der Waals surface area contributed by atoms with E-state index in [4.69, 9.17) is 30.5 Å². The van der Waals surface area contributed by atoms with Gasteiger partial charge in [-0.15, -0.1) is 0 Å². The van der Waals surface area contributed by atoms with Crippen molar-refractivity contribution in [3.63, 3.8) is 0 Å². The van der Waals surface area contributed by atoms with E-state index in [2.05, 4.69) is 0 Å². The van der Waals surface area contributed by atoms with Crippen LogP contribution in [-0.4, -0.2) is 56.8 Å². The highest BCUT2D eigenvalue weighted by Crippen LogP contribution is 2.29. The van der Waals surface area contributed by atoms with Crippen LogP contribution >= 0.6 is 11.6 Å². The number of ether oxygens (including phenoxy) is 4. The van der Waals surface area contributed by atoms with E-state index in [-0.39, 0.29) is 29.6 Å². The molecule has 2 aromatic carbocycles. The molecule has 0 aromatic heterocycles. The molecule has 3 rings (SSSR count). The molecule has 0 bridgehead atoms. The van der Waals surface area contributed by atoms with Gasteiger partial charge in [0.25, 0.3) is 5.91 Å². The molecule has 1 amide bonds. The van der Waals surface area contributed by atoms with Crippen LogP contribution in [-0.2, 0) is 14.3 Å². The zero-order valence-electron chi connectivity index (χ0n) is 18.3. The number of nitrogens with zero attached hydrogens (tertiary/aromatic N) is 2. The first kappa shape index (κ1) is 24.1. The maximum atomic E-state index is 12.6. The number of hydrogen-bond donors (Lipinski definition) is 0. The lowest BCUT2D eigenvalue weighted by atomic mass is 10.1. The van der Waals surface area contributed by atoms with Crippen LogP contribution in [0, 0.1) is 18.3 Å². The van der Waals surface area contributed by atoms with Crippen LogP contribution < -0.4 is 14.2 Å². The minimum atomic E-state index is -0.621. The molecule has 8 nitrogen and oxygen atoms in total. The molecule has 33 heavy (non-hydrogen) atoms. The van der Waals surface area contributed by atoms with E-state index in [0.717, 1.165) is 5.56 Å². The third kappa shape index (κ3) is 6.48. The summed E-state index contributed by atoms with van der Waals surface area (Å²) in [5.41, 5.74) is 1.38. The monoisotopic (exact) mass is 470 g/mol. The van der Waals surface area contributed by atoms with E-state index < -0.39 is 5.97 Å². The Labute approximate surface area is 196 Å². The smallest absolute Gasteiger partial charge is 0.349 e. The molecular weight excluding hydrogens is 448 g/mol. The van der Waals surface area contributed by atoms with Crippen LogP contribution in [0.15, 0.2) is 42.0 Å². The Bertz CT molecular complexity index is 1100. The fourth-order valence-corrected chi connectivity index (χ4v) is 3.22. The van der Waals surface area contributed by atoms with Crippen molar-refractivity contribution in [3.8, 4) is 23.3 Å². The average molecular weight is 471 g/mol. The van der Waals surface area contributed by atoms with Crippen LogP contribution in [0.2, 0.25) is 5.02 Å². The molecule has 1 fully saturated rings. The molecular formula is C24H23ClN2O6. The average Bonchev–Trinajstić information content (AvgIpc) is 2.84. The lowest BCUT2D eigenvalue weighted by Crippen LogP contribution is -2.41. The highest BCUT2D eigenvalue weighted by atomic mass is 35.5. The number of carbonyl (C=O) groups is 2. The van der Waals surface area contributed by atoms with Crippen LogP contribution in [0.1, 0.15) is 11.1 Å². The molecule has 0 unspecified atom stereocenters. The number of carbonyl (C=O) groups excluding carboxylic acids is 2. The van der Waals surface area contributed by atoms with Crippen molar-refractivity contribution >= 4 is 29.6 Å². The number of methoxy groups -OCH3 is 1. The molecule has 0 spiro atoms. The first-order valence-corrected chi connectivity index (χ1v) is 10.6.